The molecule has 2 rings (SSSR count). The Labute approximate surface area is 131 Å². The number of hydrogen-bond donors (Lipinski definition) is 3. The van der Waals surface area contributed by atoms with E-state index in [0.717, 1.165) is 0 Å². The SMILES string of the molecule is NC(=O)[C@@H](Cc1ccc([N+](=O)[O-])cc1)NC(=O)[C@@H]1CCC(=O)N1. The largest absolute Gasteiger partial charge is 0.368 e. The molecule has 122 valence electrons. The van der Waals surface area contributed by atoms with Crippen molar-refractivity contribution in [2.24, 2.45) is 5.73 Å². The van der Waals surface area contributed by atoms with E-state index in [2.05, 4.69) is 10.6 Å². The van der Waals surface area contributed by atoms with Gasteiger partial charge in [0.1, 0.15) is 12.1 Å². The standard InChI is InChI=1S/C14H16N4O5/c15-13(20)11(17-14(21)10-5-6-12(19)16-10)7-8-1-3-9(4-2-8)18(22)23/h1-4,10-11H,5-7H2,(H2,15,20)(H,16,19)(H,17,21)/t10-,11+/m0/s1. The fourth-order valence-corrected chi connectivity index (χ4v) is 2.30. The molecule has 0 bridgehead atoms. The highest BCUT2D eigenvalue weighted by Gasteiger charge is 2.29. The number of nitro benzene ring substituents is 1. The van der Waals surface area contributed by atoms with Crippen LogP contribution in [0.25, 0.3) is 0 Å². The van der Waals surface area contributed by atoms with Gasteiger partial charge in [-0.3, -0.25) is 24.5 Å². The van der Waals surface area contributed by atoms with E-state index in [9.17, 15) is 24.5 Å². The molecule has 23 heavy (non-hydrogen) atoms. The van der Waals surface area contributed by atoms with Crippen LogP contribution in [0, 0.1) is 10.1 Å². The monoisotopic (exact) mass is 320 g/mol. The van der Waals surface area contributed by atoms with Crippen LogP contribution in [-0.4, -0.2) is 34.7 Å². The molecule has 0 aromatic heterocycles. The molecule has 1 fully saturated rings. The Balaban J connectivity index is 2.01. The Kier molecular flexibility index (Phi) is 4.89. The number of carbonyl (C=O) groups excluding carboxylic acids is 3. The maximum Gasteiger partial charge on any atom is 0.269 e. The minimum Gasteiger partial charge on any atom is -0.368 e. The molecule has 1 aromatic rings. The molecule has 4 N–H and O–H groups in total. The van der Waals surface area contributed by atoms with Gasteiger partial charge in [0.25, 0.3) is 5.69 Å². The second-order valence-corrected chi connectivity index (χ2v) is 5.25. The third kappa shape index (κ3) is 4.25. The molecule has 9 nitrogen and oxygen atoms in total. The molecule has 1 heterocycles. The molecule has 1 aromatic carbocycles. The number of nitrogens with zero attached hydrogens (tertiary/aromatic N) is 1. The number of hydrogen-bond acceptors (Lipinski definition) is 5. The number of benzene rings is 1. The summed E-state index contributed by atoms with van der Waals surface area (Å²) >= 11 is 0. The number of amides is 3. The summed E-state index contributed by atoms with van der Waals surface area (Å²) in [5.41, 5.74) is 5.84. The molecule has 0 saturated carbocycles. The van der Waals surface area contributed by atoms with Gasteiger partial charge in [0, 0.05) is 25.0 Å². The quantitative estimate of drug-likeness (QED) is 0.473. The van der Waals surface area contributed by atoms with E-state index in [1.54, 1.807) is 0 Å². The van der Waals surface area contributed by atoms with Crippen LogP contribution in [0.15, 0.2) is 24.3 Å². The Hall–Kier alpha value is -2.97. The maximum absolute atomic E-state index is 12.0. The van der Waals surface area contributed by atoms with Gasteiger partial charge in [-0.15, -0.1) is 0 Å². The number of nitrogens with one attached hydrogen (secondary N) is 2. The third-order valence-corrected chi connectivity index (χ3v) is 3.56. The lowest BCUT2D eigenvalue weighted by Crippen LogP contribution is -2.51. The molecule has 3 amide bonds. The van der Waals surface area contributed by atoms with Crippen LogP contribution >= 0.6 is 0 Å². The van der Waals surface area contributed by atoms with Crippen LogP contribution < -0.4 is 16.4 Å². The normalized spacial score (nSPS) is 18.1. The van der Waals surface area contributed by atoms with Gasteiger partial charge >= 0.3 is 0 Å². The number of primary amides is 1. The molecule has 9 heteroatoms. The average molecular weight is 320 g/mol. The molecule has 0 unspecified atom stereocenters. The summed E-state index contributed by atoms with van der Waals surface area (Å²) in [6.07, 6.45) is 0.745. The molecule has 1 aliphatic heterocycles. The summed E-state index contributed by atoms with van der Waals surface area (Å²) in [6.45, 7) is 0. The van der Waals surface area contributed by atoms with E-state index >= 15 is 0 Å². The lowest BCUT2D eigenvalue weighted by molar-refractivity contribution is -0.384. The second kappa shape index (κ2) is 6.86. The van der Waals surface area contributed by atoms with E-state index < -0.39 is 28.8 Å². The van der Waals surface area contributed by atoms with Gasteiger partial charge in [0.15, 0.2) is 0 Å². The molecule has 1 aliphatic rings. The van der Waals surface area contributed by atoms with E-state index in [-0.39, 0.29) is 24.4 Å². The Bertz CT molecular complexity index is 643. The first-order chi connectivity index (χ1) is 10.9. The first-order valence-electron chi connectivity index (χ1n) is 6.99. The molecule has 0 spiro atoms. The van der Waals surface area contributed by atoms with Crippen molar-refractivity contribution in [2.75, 3.05) is 0 Å². The molecule has 1 saturated heterocycles. The number of nitrogens with two attached hydrogens (primary N) is 1. The molecule has 0 aliphatic carbocycles. The molecule has 0 radical (unpaired) electrons. The summed E-state index contributed by atoms with van der Waals surface area (Å²) in [5.74, 6) is -1.40. The maximum atomic E-state index is 12.0. The Morgan fingerprint density at radius 3 is 2.52 bits per heavy atom. The first kappa shape index (κ1) is 16.4. The lowest BCUT2D eigenvalue weighted by atomic mass is 10.0. The third-order valence-electron chi connectivity index (χ3n) is 3.56. The highest BCUT2D eigenvalue weighted by atomic mass is 16.6. The summed E-state index contributed by atoms with van der Waals surface area (Å²) in [5, 5.41) is 15.6. The smallest absolute Gasteiger partial charge is 0.269 e. The van der Waals surface area contributed by atoms with Crippen molar-refractivity contribution >= 4 is 23.4 Å². The molecular weight excluding hydrogens is 304 g/mol. The highest BCUT2D eigenvalue weighted by Crippen LogP contribution is 2.13. The predicted octanol–water partition coefficient (Wildman–Crippen LogP) is -0.614. The van der Waals surface area contributed by atoms with Crippen molar-refractivity contribution in [3.8, 4) is 0 Å². The van der Waals surface area contributed by atoms with E-state index in [0.29, 0.717) is 12.0 Å². The van der Waals surface area contributed by atoms with Gasteiger partial charge in [-0.2, -0.15) is 0 Å². The van der Waals surface area contributed by atoms with Gasteiger partial charge in [-0.05, 0) is 12.0 Å². The van der Waals surface area contributed by atoms with E-state index in [1.165, 1.54) is 24.3 Å². The molecule has 2 atom stereocenters. The minimum absolute atomic E-state index is 0.0675. The zero-order valence-electron chi connectivity index (χ0n) is 12.2. The zero-order valence-corrected chi connectivity index (χ0v) is 12.2. The van der Waals surface area contributed by atoms with Gasteiger partial charge in [0.2, 0.25) is 17.7 Å². The highest BCUT2D eigenvalue weighted by molar-refractivity contribution is 5.93. The van der Waals surface area contributed by atoms with E-state index in [4.69, 9.17) is 5.73 Å². The number of carbonyl (C=O) groups is 3. The summed E-state index contributed by atoms with van der Waals surface area (Å²) in [4.78, 5) is 44.7. The van der Waals surface area contributed by atoms with Gasteiger partial charge in [-0.1, -0.05) is 12.1 Å². The minimum atomic E-state index is -0.957. The van der Waals surface area contributed by atoms with Crippen molar-refractivity contribution in [1.82, 2.24) is 10.6 Å². The van der Waals surface area contributed by atoms with Crippen LogP contribution in [0.4, 0.5) is 5.69 Å². The fourth-order valence-electron chi connectivity index (χ4n) is 2.30. The van der Waals surface area contributed by atoms with Crippen LogP contribution in [0.5, 0.6) is 0 Å². The Morgan fingerprint density at radius 2 is 2.04 bits per heavy atom. The average Bonchev–Trinajstić information content (AvgIpc) is 2.93. The first-order valence-corrected chi connectivity index (χ1v) is 6.99. The number of nitro groups is 1. The van der Waals surface area contributed by atoms with Crippen LogP contribution in [0.3, 0.4) is 0 Å². The van der Waals surface area contributed by atoms with Gasteiger partial charge in [0.05, 0.1) is 4.92 Å². The number of rotatable bonds is 6. The number of non-ortho nitro benzene ring substituents is 1. The summed E-state index contributed by atoms with van der Waals surface area (Å²) in [7, 11) is 0. The predicted molar refractivity (Wildman–Crippen MR) is 79.1 cm³/mol. The topological polar surface area (TPSA) is 144 Å². The van der Waals surface area contributed by atoms with Gasteiger partial charge < -0.3 is 16.4 Å². The van der Waals surface area contributed by atoms with Crippen molar-refractivity contribution in [1.29, 1.82) is 0 Å². The van der Waals surface area contributed by atoms with Gasteiger partial charge in [-0.25, -0.2) is 0 Å². The van der Waals surface area contributed by atoms with Crippen molar-refractivity contribution < 1.29 is 19.3 Å². The second-order valence-electron chi connectivity index (χ2n) is 5.25. The summed E-state index contributed by atoms with van der Waals surface area (Å²) < 4.78 is 0. The van der Waals surface area contributed by atoms with Crippen LogP contribution in [0.1, 0.15) is 18.4 Å². The van der Waals surface area contributed by atoms with Crippen molar-refractivity contribution in [3.05, 3.63) is 39.9 Å². The van der Waals surface area contributed by atoms with Crippen LogP contribution in [0.2, 0.25) is 0 Å². The summed E-state index contributed by atoms with van der Waals surface area (Å²) in [6, 6.07) is 4.00. The fraction of sp³-hybridized carbons (Fsp3) is 0.357. The Morgan fingerprint density at radius 1 is 1.39 bits per heavy atom. The molecular formula is C14H16N4O5. The lowest BCUT2D eigenvalue weighted by Gasteiger charge is -2.18. The van der Waals surface area contributed by atoms with Crippen molar-refractivity contribution in [2.45, 2.75) is 31.3 Å². The van der Waals surface area contributed by atoms with E-state index in [1.807, 2.05) is 0 Å². The van der Waals surface area contributed by atoms with Crippen molar-refractivity contribution in [3.63, 3.8) is 0 Å². The zero-order chi connectivity index (χ0) is 17.0. The van der Waals surface area contributed by atoms with Crippen LogP contribution in [-0.2, 0) is 20.8 Å².